The van der Waals surface area contributed by atoms with E-state index in [0.29, 0.717) is 17.8 Å². The average Bonchev–Trinajstić information content (AvgIpc) is 2.73. The van der Waals surface area contributed by atoms with Crippen LogP contribution in [-0.4, -0.2) is 28.2 Å². The van der Waals surface area contributed by atoms with Crippen molar-refractivity contribution in [2.24, 2.45) is 5.41 Å². The molecule has 2 aliphatic rings. The number of hydrogen-bond donors (Lipinski definition) is 0. The van der Waals surface area contributed by atoms with Gasteiger partial charge in [0.1, 0.15) is 17.8 Å². The summed E-state index contributed by atoms with van der Waals surface area (Å²) in [4.78, 5) is 36.4. The van der Waals surface area contributed by atoms with Crippen LogP contribution >= 0.6 is 0 Å². The van der Waals surface area contributed by atoms with Gasteiger partial charge in [0.2, 0.25) is 5.91 Å². The minimum atomic E-state index is -1.22. The number of allylic oxidation sites excluding steroid dienone is 1. The molecule has 28 heavy (non-hydrogen) atoms. The molecule has 0 saturated carbocycles. The van der Waals surface area contributed by atoms with E-state index in [2.05, 4.69) is 9.97 Å². The van der Waals surface area contributed by atoms with Gasteiger partial charge in [-0.2, -0.15) is 5.26 Å². The van der Waals surface area contributed by atoms with Gasteiger partial charge in [0.05, 0.1) is 29.1 Å². The lowest BCUT2D eigenvalue weighted by Crippen LogP contribution is -2.57. The van der Waals surface area contributed by atoms with Crippen LogP contribution in [0.25, 0.3) is 0 Å². The summed E-state index contributed by atoms with van der Waals surface area (Å²) in [5.74, 6) is -0.489. The van der Waals surface area contributed by atoms with Crippen molar-refractivity contribution in [1.29, 1.82) is 5.26 Å². The quantitative estimate of drug-likeness (QED) is 0.759. The number of ketones is 1. The largest absolute Gasteiger partial charge is 0.304 e. The Morgan fingerprint density at radius 1 is 1.11 bits per heavy atom. The van der Waals surface area contributed by atoms with Crippen molar-refractivity contribution in [3.05, 3.63) is 77.9 Å². The smallest absolute Gasteiger partial charge is 0.246 e. The number of nitrogens with zero attached hydrogens (tertiary/aromatic N) is 4. The highest BCUT2D eigenvalue weighted by Gasteiger charge is 2.57. The van der Waals surface area contributed by atoms with Gasteiger partial charge in [-0.15, -0.1) is 0 Å². The van der Waals surface area contributed by atoms with E-state index in [-0.39, 0.29) is 17.3 Å². The van der Waals surface area contributed by atoms with Gasteiger partial charge in [-0.1, -0.05) is 36.4 Å². The molecule has 1 atom stereocenters. The van der Waals surface area contributed by atoms with E-state index < -0.39 is 10.8 Å². The third-order valence-corrected chi connectivity index (χ3v) is 5.54. The standard InChI is InChI=1S/C22H18N4O2/c1-21(2)18-8-9-26(17-12-24-14-25-13-17)20(28)22(18,10-15(11-23)19(21)27)16-6-4-3-5-7-16/h3-8,10,12-14H,9H2,1-2H3/t22-/m0/s1. The Balaban J connectivity index is 2.03. The van der Waals surface area contributed by atoms with Gasteiger partial charge >= 0.3 is 0 Å². The van der Waals surface area contributed by atoms with Crippen LogP contribution in [0.5, 0.6) is 0 Å². The average molecular weight is 370 g/mol. The molecular formula is C22H18N4O2. The fraction of sp³-hybridized carbons (Fsp3) is 0.227. The lowest BCUT2D eigenvalue weighted by Gasteiger charge is -2.48. The van der Waals surface area contributed by atoms with E-state index in [1.54, 1.807) is 31.1 Å². The number of Topliss-reactive ketones (excluding diaryl/α,β-unsaturated/α-hetero) is 1. The van der Waals surface area contributed by atoms with Crippen LogP contribution in [0.4, 0.5) is 5.69 Å². The Kier molecular flexibility index (Phi) is 3.97. The molecule has 0 radical (unpaired) electrons. The first-order valence-electron chi connectivity index (χ1n) is 8.94. The molecule has 1 aromatic carbocycles. The van der Waals surface area contributed by atoms with Crippen molar-refractivity contribution < 1.29 is 9.59 Å². The SMILES string of the molecule is CC1(C)C(=O)C(C#N)=C[C@@]2(c3ccccc3)C(=O)N(c3cncnc3)CC=C12. The van der Waals surface area contributed by atoms with E-state index in [1.807, 2.05) is 42.5 Å². The highest BCUT2D eigenvalue weighted by atomic mass is 16.2. The molecule has 138 valence electrons. The Bertz CT molecular complexity index is 1060. The number of carbonyl (C=O) groups excluding carboxylic acids is 2. The molecule has 0 spiro atoms. The Hall–Kier alpha value is -3.59. The minimum Gasteiger partial charge on any atom is -0.304 e. The fourth-order valence-electron chi connectivity index (χ4n) is 4.18. The van der Waals surface area contributed by atoms with Crippen molar-refractivity contribution in [2.45, 2.75) is 19.3 Å². The lowest BCUT2D eigenvalue weighted by atomic mass is 9.56. The summed E-state index contributed by atoms with van der Waals surface area (Å²) in [6.07, 6.45) is 8.01. The third kappa shape index (κ3) is 2.33. The van der Waals surface area contributed by atoms with Crippen LogP contribution in [0.3, 0.4) is 0 Å². The maximum atomic E-state index is 13.9. The summed E-state index contributed by atoms with van der Waals surface area (Å²) < 4.78 is 0. The van der Waals surface area contributed by atoms with E-state index >= 15 is 0 Å². The Morgan fingerprint density at radius 3 is 2.43 bits per heavy atom. The molecule has 1 amide bonds. The number of amides is 1. The molecule has 2 heterocycles. The van der Waals surface area contributed by atoms with Crippen molar-refractivity contribution >= 4 is 17.4 Å². The highest BCUT2D eigenvalue weighted by Crippen LogP contribution is 2.52. The molecular weight excluding hydrogens is 352 g/mol. The van der Waals surface area contributed by atoms with E-state index in [0.717, 1.165) is 5.56 Å². The summed E-state index contributed by atoms with van der Waals surface area (Å²) in [6.45, 7) is 3.86. The number of carbonyl (C=O) groups is 2. The highest BCUT2D eigenvalue weighted by molar-refractivity contribution is 6.15. The van der Waals surface area contributed by atoms with Crippen molar-refractivity contribution in [3.63, 3.8) is 0 Å². The maximum Gasteiger partial charge on any atom is 0.246 e. The number of rotatable bonds is 2. The van der Waals surface area contributed by atoms with Crippen LogP contribution < -0.4 is 4.90 Å². The fourth-order valence-corrected chi connectivity index (χ4v) is 4.18. The zero-order valence-corrected chi connectivity index (χ0v) is 15.6. The number of benzene rings is 1. The lowest BCUT2D eigenvalue weighted by molar-refractivity contribution is -0.125. The van der Waals surface area contributed by atoms with Gasteiger partial charge in [0, 0.05) is 6.54 Å². The van der Waals surface area contributed by atoms with Crippen molar-refractivity contribution in [3.8, 4) is 6.07 Å². The molecule has 1 aliphatic carbocycles. The molecule has 0 bridgehead atoms. The van der Waals surface area contributed by atoms with E-state index in [9.17, 15) is 14.9 Å². The second-order valence-electron chi connectivity index (χ2n) is 7.43. The van der Waals surface area contributed by atoms with Crippen molar-refractivity contribution in [2.75, 3.05) is 11.4 Å². The first-order chi connectivity index (χ1) is 13.4. The Morgan fingerprint density at radius 2 is 1.79 bits per heavy atom. The summed E-state index contributed by atoms with van der Waals surface area (Å²) in [5, 5.41) is 9.61. The molecule has 2 aromatic rings. The predicted octanol–water partition coefficient (Wildman–Crippen LogP) is 2.75. The predicted molar refractivity (Wildman–Crippen MR) is 103 cm³/mol. The molecule has 0 unspecified atom stereocenters. The molecule has 6 heteroatoms. The van der Waals surface area contributed by atoms with Gasteiger partial charge < -0.3 is 4.90 Å². The third-order valence-electron chi connectivity index (χ3n) is 5.54. The molecule has 4 rings (SSSR count). The number of aromatic nitrogens is 2. The molecule has 0 saturated heterocycles. The summed E-state index contributed by atoms with van der Waals surface area (Å²) in [6, 6.07) is 11.3. The zero-order valence-electron chi connectivity index (χ0n) is 15.6. The van der Waals surface area contributed by atoms with Crippen LogP contribution in [-0.2, 0) is 15.0 Å². The number of hydrogen-bond acceptors (Lipinski definition) is 5. The van der Waals surface area contributed by atoms with Crippen LogP contribution in [0.15, 0.2) is 72.4 Å². The molecule has 1 aromatic heterocycles. The second kappa shape index (κ2) is 6.24. The normalized spacial score (nSPS) is 23.4. The maximum absolute atomic E-state index is 13.9. The topological polar surface area (TPSA) is 87.0 Å². The minimum absolute atomic E-state index is 0.00511. The van der Waals surface area contributed by atoms with E-state index in [4.69, 9.17) is 0 Å². The van der Waals surface area contributed by atoms with Crippen LogP contribution in [0.2, 0.25) is 0 Å². The van der Waals surface area contributed by atoms with Gasteiger partial charge in [0.25, 0.3) is 0 Å². The Labute approximate surface area is 162 Å². The first kappa shape index (κ1) is 17.8. The second-order valence-corrected chi connectivity index (χ2v) is 7.43. The molecule has 6 nitrogen and oxygen atoms in total. The van der Waals surface area contributed by atoms with Gasteiger partial charge in [-0.3, -0.25) is 9.59 Å². The van der Waals surface area contributed by atoms with Gasteiger partial charge in [0.15, 0.2) is 5.78 Å². The van der Waals surface area contributed by atoms with Crippen molar-refractivity contribution in [1.82, 2.24) is 9.97 Å². The van der Waals surface area contributed by atoms with E-state index in [1.165, 1.54) is 12.4 Å². The number of anilines is 1. The zero-order chi connectivity index (χ0) is 19.9. The first-order valence-corrected chi connectivity index (χ1v) is 8.94. The van der Waals surface area contributed by atoms with Crippen LogP contribution in [0, 0.1) is 16.7 Å². The summed E-state index contributed by atoms with van der Waals surface area (Å²) >= 11 is 0. The number of nitriles is 1. The van der Waals surface area contributed by atoms with Gasteiger partial charge in [-0.25, -0.2) is 9.97 Å². The van der Waals surface area contributed by atoms with Crippen LogP contribution in [0.1, 0.15) is 19.4 Å². The summed E-state index contributed by atoms with van der Waals surface area (Å²) in [7, 11) is 0. The molecule has 0 N–H and O–H groups in total. The molecule has 0 fully saturated rings. The molecule has 1 aliphatic heterocycles. The summed E-state index contributed by atoms with van der Waals surface area (Å²) in [5.41, 5.74) is -0.192. The van der Waals surface area contributed by atoms with Gasteiger partial charge in [-0.05, 0) is 31.1 Å². The monoisotopic (exact) mass is 370 g/mol. The number of fused-ring (bicyclic) bond motifs is 1.